The van der Waals surface area contributed by atoms with E-state index in [1.807, 2.05) is 11.5 Å². The molecule has 0 aliphatic carbocycles. The molecule has 0 spiro atoms. The summed E-state index contributed by atoms with van der Waals surface area (Å²) in [7, 11) is 0. The first-order valence-corrected chi connectivity index (χ1v) is 7.23. The number of aryl methyl sites for hydroxylation is 1. The number of nitrogens with zero attached hydrogens (tertiary/aromatic N) is 3. The summed E-state index contributed by atoms with van der Waals surface area (Å²) >= 11 is 1.31. The molecule has 0 unspecified atom stereocenters. The summed E-state index contributed by atoms with van der Waals surface area (Å²) in [5, 5.41) is 10.8. The number of carbonyl (C=O) groups is 1. The third-order valence-electron chi connectivity index (χ3n) is 2.85. The molecule has 1 amide bonds. The summed E-state index contributed by atoms with van der Waals surface area (Å²) in [6.07, 6.45) is 1.25. The minimum absolute atomic E-state index is 0.0516. The van der Waals surface area contributed by atoms with Crippen molar-refractivity contribution >= 4 is 33.1 Å². The number of rotatable bonds is 4. The van der Waals surface area contributed by atoms with E-state index in [-0.39, 0.29) is 11.6 Å². The number of hydrogen-bond donors (Lipinski definition) is 0. The number of amides is 1. The molecule has 2 aromatic rings. The van der Waals surface area contributed by atoms with Gasteiger partial charge in [0.05, 0.1) is 15.1 Å². The van der Waals surface area contributed by atoms with Gasteiger partial charge in [0.2, 0.25) is 5.91 Å². The first-order chi connectivity index (χ1) is 9.56. The van der Waals surface area contributed by atoms with Crippen molar-refractivity contribution in [2.45, 2.75) is 33.2 Å². The van der Waals surface area contributed by atoms with Gasteiger partial charge in [-0.1, -0.05) is 25.2 Å². The number of non-ortho nitro benzene ring substituents is 1. The van der Waals surface area contributed by atoms with Crippen LogP contribution < -0.4 is 4.80 Å². The van der Waals surface area contributed by atoms with Gasteiger partial charge in [-0.05, 0) is 12.5 Å². The average molecular weight is 293 g/mol. The second-order valence-corrected chi connectivity index (χ2v) is 5.31. The average Bonchev–Trinajstić information content (AvgIpc) is 2.76. The van der Waals surface area contributed by atoms with Gasteiger partial charge in [0.1, 0.15) is 0 Å². The zero-order chi connectivity index (χ0) is 14.7. The lowest BCUT2D eigenvalue weighted by molar-refractivity contribution is -0.384. The SMILES string of the molecule is CCCn1c(=NC(=O)CC)sc2cc([N+](=O)[O-])ccc21. The van der Waals surface area contributed by atoms with Crippen LogP contribution in [0, 0.1) is 10.1 Å². The highest BCUT2D eigenvalue weighted by Crippen LogP contribution is 2.23. The molecule has 1 aromatic carbocycles. The molecule has 0 N–H and O–H groups in total. The van der Waals surface area contributed by atoms with E-state index in [4.69, 9.17) is 0 Å². The van der Waals surface area contributed by atoms with Crippen LogP contribution in [0.3, 0.4) is 0 Å². The van der Waals surface area contributed by atoms with Crippen LogP contribution in [0.2, 0.25) is 0 Å². The lowest BCUT2D eigenvalue weighted by Gasteiger charge is -2.02. The van der Waals surface area contributed by atoms with Crippen LogP contribution in [-0.4, -0.2) is 15.4 Å². The fraction of sp³-hybridized carbons (Fsp3) is 0.385. The Labute approximate surface area is 119 Å². The monoisotopic (exact) mass is 293 g/mol. The molecular formula is C13H15N3O3S. The molecule has 0 bridgehead atoms. The topological polar surface area (TPSA) is 77.5 Å². The third kappa shape index (κ3) is 2.77. The van der Waals surface area contributed by atoms with Crippen LogP contribution >= 0.6 is 11.3 Å². The Kier molecular flexibility index (Phi) is 4.29. The predicted octanol–water partition coefficient (Wildman–Crippen LogP) is 2.86. The summed E-state index contributed by atoms with van der Waals surface area (Å²) in [5.74, 6) is -0.184. The van der Waals surface area contributed by atoms with Crippen LogP contribution in [-0.2, 0) is 11.3 Å². The van der Waals surface area contributed by atoms with Crippen LogP contribution in [0.15, 0.2) is 23.2 Å². The van der Waals surface area contributed by atoms with Gasteiger partial charge in [-0.25, -0.2) is 0 Å². The van der Waals surface area contributed by atoms with E-state index in [2.05, 4.69) is 4.99 Å². The van der Waals surface area contributed by atoms with Gasteiger partial charge in [-0.3, -0.25) is 14.9 Å². The molecule has 0 saturated carbocycles. The van der Waals surface area contributed by atoms with Crippen molar-refractivity contribution < 1.29 is 9.72 Å². The minimum Gasteiger partial charge on any atom is -0.316 e. The maximum Gasteiger partial charge on any atom is 0.270 e. The fourth-order valence-corrected chi connectivity index (χ4v) is 2.99. The summed E-state index contributed by atoms with van der Waals surface area (Å²) in [4.78, 5) is 26.6. The van der Waals surface area contributed by atoms with Crippen molar-refractivity contribution in [3.05, 3.63) is 33.1 Å². The number of carbonyl (C=O) groups excluding carboxylic acids is 1. The van der Waals surface area contributed by atoms with E-state index in [1.54, 1.807) is 13.0 Å². The first kappa shape index (κ1) is 14.4. The van der Waals surface area contributed by atoms with E-state index in [9.17, 15) is 14.9 Å². The molecule has 0 aliphatic heterocycles. The Bertz CT molecular complexity index is 730. The van der Waals surface area contributed by atoms with Gasteiger partial charge < -0.3 is 4.57 Å². The number of fused-ring (bicyclic) bond motifs is 1. The Hall–Kier alpha value is -2.02. The zero-order valence-electron chi connectivity index (χ0n) is 11.3. The Morgan fingerprint density at radius 3 is 2.80 bits per heavy atom. The van der Waals surface area contributed by atoms with Gasteiger partial charge >= 0.3 is 0 Å². The number of benzene rings is 1. The second-order valence-electron chi connectivity index (χ2n) is 4.30. The van der Waals surface area contributed by atoms with E-state index in [0.717, 1.165) is 23.2 Å². The molecule has 7 heteroatoms. The molecule has 0 radical (unpaired) electrons. The number of hydrogen-bond acceptors (Lipinski definition) is 4. The van der Waals surface area contributed by atoms with Gasteiger partial charge in [-0.15, -0.1) is 0 Å². The van der Waals surface area contributed by atoms with Crippen LogP contribution in [0.4, 0.5) is 5.69 Å². The van der Waals surface area contributed by atoms with Gasteiger partial charge in [-0.2, -0.15) is 4.99 Å². The van der Waals surface area contributed by atoms with Gasteiger partial charge in [0.25, 0.3) is 5.69 Å². The number of nitro groups is 1. The lowest BCUT2D eigenvalue weighted by Crippen LogP contribution is -2.16. The van der Waals surface area contributed by atoms with Crippen molar-refractivity contribution in [2.24, 2.45) is 4.99 Å². The quantitative estimate of drug-likeness (QED) is 0.642. The molecule has 0 saturated heterocycles. The number of aromatic nitrogens is 1. The molecule has 6 nitrogen and oxygen atoms in total. The number of nitro benzene ring substituents is 1. The molecule has 0 aliphatic rings. The van der Waals surface area contributed by atoms with E-state index < -0.39 is 4.92 Å². The van der Waals surface area contributed by atoms with E-state index in [1.165, 1.54) is 23.5 Å². The van der Waals surface area contributed by atoms with Gasteiger partial charge in [0.15, 0.2) is 4.80 Å². The standard InChI is InChI=1S/C13H15N3O3S/c1-3-7-15-10-6-5-9(16(18)19)8-11(10)20-13(15)14-12(17)4-2/h5-6,8H,3-4,7H2,1-2H3. The summed E-state index contributed by atoms with van der Waals surface area (Å²) in [6, 6.07) is 4.73. The predicted molar refractivity (Wildman–Crippen MR) is 77.6 cm³/mol. The van der Waals surface area contributed by atoms with E-state index in [0.29, 0.717) is 11.2 Å². The molecular weight excluding hydrogens is 278 g/mol. The highest BCUT2D eigenvalue weighted by atomic mass is 32.1. The van der Waals surface area contributed by atoms with Crippen molar-refractivity contribution in [1.29, 1.82) is 0 Å². The molecule has 106 valence electrons. The van der Waals surface area contributed by atoms with Crippen LogP contribution in [0.5, 0.6) is 0 Å². The lowest BCUT2D eigenvalue weighted by atomic mass is 10.3. The largest absolute Gasteiger partial charge is 0.316 e. The maximum atomic E-state index is 11.5. The minimum atomic E-state index is -0.419. The van der Waals surface area contributed by atoms with Crippen LogP contribution in [0.1, 0.15) is 26.7 Å². The summed E-state index contributed by atoms with van der Waals surface area (Å²) in [5.41, 5.74) is 0.931. The molecule has 1 aromatic heterocycles. The molecule has 0 atom stereocenters. The Balaban J connectivity index is 2.68. The smallest absolute Gasteiger partial charge is 0.270 e. The van der Waals surface area contributed by atoms with Crippen molar-refractivity contribution in [2.75, 3.05) is 0 Å². The molecule has 20 heavy (non-hydrogen) atoms. The zero-order valence-corrected chi connectivity index (χ0v) is 12.1. The highest BCUT2D eigenvalue weighted by molar-refractivity contribution is 7.16. The maximum absolute atomic E-state index is 11.5. The normalized spacial score (nSPS) is 12.0. The Morgan fingerprint density at radius 1 is 1.45 bits per heavy atom. The summed E-state index contributed by atoms with van der Waals surface area (Å²) < 4.78 is 2.72. The molecule has 2 rings (SSSR count). The van der Waals surface area contributed by atoms with Gasteiger partial charge in [0, 0.05) is 25.1 Å². The van der Waals surface area contributed by atoms with Crippen molar-refractivity contribution in [1.82, 2.24) is 4.57 Å². The molecule has 1 heterocycles. The Morgan fingerprint density at radius 2 is 2.20 bits per heavy atom. The third-order valence-corrected chi connectivity index (χ3v) is 3.89. The fourth-order valence-electron chi connectivity index (χ4n) is 1.89. The summed E-state index contributed by atoms with van der Waals surface area (Å²) in [6.45, 7) is 4.52. The molecule has 0 fully saturated rings. The van der Waals surface area contributed by atoms with Crippen molar-refractivity contribution in [3.63, 3.8) is 0 Å². The van der Waals surface area contributed by atoms with E-state index >= 15 is 0 Å². The number of thiazole rings is 1. The van der Waals surface area contributed by atoms with Crippen molar-refractivity contribution in [3.8, 4) is 0 Å². The second kappa shape index (κ2) is 5.96. The first-order valence-electron chi connectivity index (χ1n) is 6.42. The van der Waals surface area contributed by atoms with Crippen LogP contribution in [0.25, 0.3) is 10.2 Å². The highest BCUT2D eigenvalue weighted by Gasteiger charge is 2.11.